The predicted octanol–water partition coefficient (Wildman–Crippen LogP) is -0.423. The molecule has 1 aromatic carbocycles. The molecule has 7 heteroatoms. The summed E-state index contributed by atoms with van der Waals surface area (Å²) in [6, 6.07) is 8.01. The Labute approximate surface area is 99.1 Å². The largest absolute Gasteiger partial charge is 0.351 e. The molecule has 0 aliphatic carbocycles. The highest BCUT2D eigenvalue weighted by Gasteiger charge is 2.07. The van der Waals surface area contributed by atoms with Gasteiger partial charge in [-0.05, 0) is 18.2 Å². The van der Waals surface area contributed by atoms with E-state index in [1.54, 1.807) is 12.1 Å². The van der Waals surface area contributed by atoms with Crippen LogP contribution in [0.15, 0.2) is 24.3 Å². The van der Waals surface area contributed by atoms with Gasteiger partial charge in [0.15, 0.2) is 0 Å². The fraction of sp³-hybridized carbons (Fsp3) is 0.200. The van der Waals surface area contributed by atoms with Crippen molar-refractivity contribution in [1.29, 1.82) is 5.26 Å². The summed E-state index contributed by atoms with van der Waals surface area (Å²) in [7, 11) is -3.58. The Bertz CT molecular complexity index is 560. The van der Waals surface area contributed by atoms with Gasteiger partial charge in [-0.3, -0.25) is 4.79 Å². The molecule has 0 unspecified atom stereocenters. The highest BCUT2D eigenvalue weighted by Crippen LogP contribution is 2.03. The minimum Gasteiger partial charge on any atom is -0.351 e. The first-order chi connectivity index (χ1) is 7.92. The van der Waals surface area contributed by atoms with Gasteiger partial charge in [-0.25, -0.2) is 13.6 Å². The number of nitrogens with one attached hydrogen (secondary N) is 1. The van der Waals surface area contributed by atoms with Crippen molar-refractivity contribution in [2.24, 2.45) is 5.14 Å². The van der Waals surface area contributed by atoms with Gasteiger partial charge in [0.2, 0.25) is 10.0 Å². The third kappa shape index (κ3) is 4.63. The number of hydrogen-bond donors (Lipinski definition) is 2. The fourth-order valence-corrected chi connectivity index (χ4v) is 1.53. The van der Waals surface area contributed by atoms with Crippen molar-refractivity contribution in [3.63, 3.8) is 0 Å². The quantitative estimate of drug-likeness (QED) is 0.758. The van der Waals surface area contributed by atoms with Crippen LogP contribution in [0.3, 0.4) is 0 Å². The van der Waals surface area contributed by atoms with Crippen molar-refractivity contribution in [3.8, 4) is 6.07 Å². The van der Waals surface area contributed by atoms with E-state index in [4.69, 9.17) is 10.4 Å². The number of sulfonamides is 1. The summed E-state index contributed by atoms with van der Waals surface area (Å²) in [4.78, 5) is 11.5. The molecule has 0 aliphatic heterocycles. The molecule has 1 amide bonds. The van der Waals surface area contributed by atoms with Crippen LogP contribution in [-0.2, 0) is 10.0 Å². The van der Waals surface area contributed by atoms with E-state index in [0.29, 0.717) is 11.1 Å². The molecule has 0 aromatic heterocycles. The lowest BCUT2D eigenvalue weighted by molar-refractivity contribution is 0.0956. The van der Waals surface area contributed by atoms with Gasteiger partial charge < -0.3 is 5.32 Å². The minimum absolute atomic E-state index is 0.0611. The number of nitriles is 1. The van der Waals surface area contributed by atoms with Crippen LogP contribution in [0.5, 0.6) is 0 Å². The predicted molar refractivity (Wildman–Crippen MR) is 61.5 cm³/mol. The summed E-state index contributed by atoms with van der Waals surface area (Å²) in [6.07, 6.45) is 0. The van der Waals surface area contributed by atoms with E-state index in [2.05, 4.69) is 5.32 Å². The summed E-state index contributed by atoms with van der Waals surface area (Å²) in [5, 5.41) is 15.8. The van der Waals surface area contributed by atoms with Gasteiger partial charge in [0.25, 0.3) is 5.91 Å². The summed E-state index contributed by atoms with van der Waals surface area (Å²) in [6.45, 7) is -0.0611. The van der Waals surface area contributed by atoms with Crippen LogP contribution in [0.25, 0.3) is 0 Å². The zero-order valence-corrected chi connectivity index (χ0v) is 9.70. The number of hydrogen-bond acceptors (Lipinski definition) is 4. The highest BCUT2D eigenvalue weighted by atomic mass is 32.2. The Morgan fingerprint density at radius 3 is 2.76 bits per heavy atom. The van der Waals surface area contributed by atoms with Crippen molar-refractivity contribution in [2.45, 2.75) is 0 Å². The first kappa shape index (κ1) is 13.2. The Morgan fingerprint density at radius 1 is 1.47 bits per heavy atom. The molecule has 6 nitrogen and oxygen atoms in total. The topological polar surface area (TPSA) is 113 Å². The second kappa shape index (κ2) is 5.43. The molecule has 0 saturated carbocycles. The maximum Gasteiger partial charge on any atom is 0.251 e. The molecule has 90 valence electrons. The first-order valence-corrected chi connectivity index (χ1v) is 6.43. The van der Waals surface area contributed by atoms with Crippen LogP contribution in [0.4, 0.5) is 0 Å². The lowest BCUT2D eigenvalue weighted by Crippen LogP contribution is -2.31. The Kier molecular flexibility index (Phi) is 4.20. The molecule has 3 N–H and O–H groups in total. The normalized spacial score (nSPS) is 10.6. The lowest BCUT2D eigenvalue weighted by Gasteiger charge is -2.04. The fourth-order valence-electron chi connectivity index (χ4n) is 1.14. The van der Waals surface area contributed by atoms with E-state index >= 15 is 0 Å². The minimum atomic E-state index is -3.58. The maximum atomic E-state index is 11.5. The van der Waals surface area contributed by atoms with Gasteiger partial charge in [-0.2, -0.15) is 5.26 Å². The number of nitrogens with zero attached hydrogens (tertiary/aromatic N) is 1. The van der Waals surface area contributed by atoms with Crippen LogP contribution in [0.1, 0.15) is 15.9 Å². The van der Waals surface area contributed by atoms with Gasteiger partial charge >= 0.3 is 0 Å². The van der Waals surface area contributed by atoms with Crippen molar-refractivity contribution >= 4 is 15.9 Å². The second-order valence-electron chi connectivity index (χ2n) is 3.32. The third-order valence-electron chi connectivity index (χ3n) is 1.93. The van der Waals surface area contributed by atoms with E-state index in [0.717, 1.165) is 0 Å². The van der Waals surface area contributed by atoms with Crippen molar-refractivity contribution in [3.05, 3.63) is 35.4 Å². The molecule has 0 radical (unpaired) electrons. The lowest BCUT2D eigenvalue weighted by atomic mass is 10.1. The van der Waals surface area contributed by atoms with Crippen molar-refractivity contribution < 1.29 is 13.2 Å². The average Bonchev–Trinajstić information content (AvgIpc) is 2.27. The van der Waals surface area contributed by atoms with Crippen molar-refractivity contribution in [2.75, 3.05) is 12.3 Å². The number of primary sulfonamides is 1. The standard InChI is InChI=1S/C10H11N3O3S/c11-7-8-2-1-3-9(6-8)10(14)13-4-5-17(12,15)16/h1-3,6H,4-5H2,(H,13,14)(H2,12,15,16). The molecule has 0 spiro atoms. The van der Waals surface area contributed by atoms with Crippen LogP contribution in [0.2, 0.25) is 0 Å². The molecule has 1 rings (SSSR count). The molecule has 17 heavy (non-hydrogen) atoms. The molecule has 0 heterocycles. The maximum absolute atomic E-state index is 11.5. The van der Waals surface area contributed by atoms with Crippen molar-refractivity contribution in [1.82, 2.24) is 5.32 Å². The number of carbonyl (C=O) groups excluding carboxylic acids is 1. The van der Waals surface area contributed by atoms with Gasteiger partial charge in [0.1, 0.15) is 0 Å². The van der Waals surface area contributed by atoms with E-state index in [-0.39, 0.29) is 12.3 Å². The van der Waals surface area contributed by atoms with Crippen LogP contribution in [-0.4, -0.2) is 26.6 Å². The molecule has 1 aromatic rings. The summed E-state index contributed by atoms with van der Waals surface area (Å²) < 4.78 is 21.3. The van der Waals surface area contributed by atoms with Gasteiger partial charge in [0, 0.05) is 12.1 Å². The zero-order chi connectivity index (χ0) is 12.9. The van der Waals surface area contributed by atoms with E-state index < -0.39 is 15.9 Å². The molecule has 0 aliphatic rings. The molecular weight excluding hydrogens is 242 g/mol. The highest BCUT2D eigenvalue weighted by molar-refractivity contribution is 7.89. The average molecular weight is 253 g/mol. The second-order valence-corrected chi connectivity index (χ2v) is 5.05. The van der Waals surface area contributed by atoms with E-state index in [1.807, 2.05) is 6.07 Å². The molecular formula is C10H11N3O3S. The zero-order valence-electron chi connectivity index (χ0n) is 8.88. The molecule has 0 fully saturated rings. The number of amides is 1. The molecule has 0 bridgehead atoms. The summed E-state index contributed by atoms with van der Waals surface area (Å²) in [5.41, 5.74) is 0.669. The Hall–Kier alpha value is -1.91. The van der Waals surface area contributed by atoms with Crippen LogP contribution < -0.4 is 10.5 Å². The van der Waals surface area contributed by atoms with Crippen LogP contribution >= 0.6 is 0 Å². The van der Waals surface area contributed by atoms with E-state index in [9.17, 15) is 13.2 Å². The third-order valence-corrected chi connectivity index (χ3v) is 2.70. The van der Waals surface area contributed by atoms with Gasteiger partial charge in [-0.1, -0.05) is 6.07 Å². The summed E-state index contributed by atoms with van der Waals surface area (Å²) >= 11 is 0. The van der Waals surface area contributed by atoms with Gasteiger partial charge in [-0.15, -0.1) is 0 Å². The molecule has 0 atom stereocenters. The van der Waals surface area contributed by atoms with Crippen LogP contribution in [0, 0.1) is 11.3 Å². The number of rotatable bonds is 4. The Balaban J connectivity index is 2.62. The smallest absolute Gasteiger partial charge is 0.251 e. The number of carbonyl (C=O) groups is 1. The summed E-state index contributed by atoms with van der Waals surface area (Å²) in [5.74, 6) is -0.762. The Morgan fingerprint density at radius 2 is 2.18 bits per heavy atom. The monoisotopic (exact) mass is 253 g/mol. The molecule has 0 saturated heterocycles. The first-order valence-electron chi connectivity index (χ1n) is 4.71. The van der Waals surface area contributed by atoms with Gasteiger partial charge in [0.05, 0.1) is 17.4 Å². The number of nitrogens with two attached hydrogens (primary N) is 1. The number of benzene rings is 1. The SMILES string of the molecule is N#Cc1cccc(C(=O)NCCS(N)(=O)=O)c1. The van der Waals surface area contributed by atoms with E-state index in [1.165, 1.54) is 12.1 Å².